The Morgan fingerprint density at radius 3 is 3.00 bits per heavy atom. The first kappa shape index (κ1) is 10.2. The van der Waals surface area contributed by atoms with Gasteiger partial charge < -0.3 is 14.2 Å². The summed E-state index contributed by atoms with van der Waals surface area (Å²) in [5.74, 6) is 1.12. The Hall–Kier alpha value is -1.36. The Labute approximate surface area is 91.7 Å². The normalized spacial score (nSPS) is 10.8. The number of fused-ring (bicyclic) bond motifs is 1. The molecule has 0 bridgehead atoms. The number of furan rings is 1. The second-order valence-electron chi connectivity index (χ2n) is 3.20. The molecular weight excluding hydrogens is 214 g/mol. The average Bonchev–Trinajstić information content (AvgIpc) is 2.58. The van der Waals surface area contributed by atoms with Crippen molar-refractivity contribution in [2.45, 2.75) is 6.92 Å². The number of hydrogen-bond donors (Lipinski definition) is 2. The minimum absolute atomic E-state index is 0.175. The van der Waals surface area contributed by atoms with Gasteiger partial charge in [0, 0.05) is 23.9 Å². The highest BCUT2D eigenvalue weighted by Crippen LogP contribution is 2.20. The summed E-state index contributed by atoms with van der Waals surface area (Å²) in [5, 5.41) is 2.96. The lowest BCUT2D eigenvalue weighted by Crippen LogP contribution is -2.06. The van der Waals surface area contributed by atoms with Gasteiger partial charge in [-0.05, 0) is 6.92 Å². The molecule has 0 aliphatic rings. The van der Waals surface area contributed by atoms with Crippen molar-refractivity contribution in [3.63, 3.8) is 0 Å². The maximum absolute atomic E-state index is 11.6. The van der Waals surface area contributed by atoms with Gasteiger partial charge >= 0.3 is 0 Å². The average molecular weight is 225 g/mol. The Bertz CT molecular complexity index is 529. The molecule has 80 valence electrons. The third-order valence-electron chi connectivity index (χ3n) is 2.03. The van der Waals surface area contributed by atoms with E-state index in [2.05, 4.69) is 17.9 Å². The SMILES string of the molecule is Cc1coc2c(=O)cc(NCCS)oc12. The minimum atomic E-state index is -0.175. The molecule has 0 saturated heterocycles. The molecule has 0 radical (unpaired) electrons. The van der Waals surface area contributed by atoms with Crippen LogP contribution in [0.25, 0.3) is 11.2 Å². The topological polar surface area (TPSA) is 55.4 Å². The fraction of sp³-hybridized carbons (Fsp3) is 0.300. The minimum Gasteiger partial charge on any atom is -0.456 e. The molecule has 0 amide bonds. The molecule has 2 aromatic rings. The molecule has 0 aliphatic carbocycles. The predicted octanol–water partition coefficient (Wildman–Crippen LogP) is 2.04. The highest BCUT2D eigenvalue weighted by atomic mass is 32.1. The fourth-order valence-corrected chi connectivity index (χ4v) is 1.43. The molecule has 0 atom stereocenters. The van der Waals surface area contributed by atoms with Crippen LogP contribution >= 0.6 is 12.6 Å². The molecule has 0 fully saturated rings. The lowest BCUT2D eigenvalue weighted by molar-refractivity contribution is 0.586. The lowest BCUT2D eigenvalue weighted by atomic mass is 10.3. The van der Waals surface area contributed by atoms with Gasteiger partial charge in [-0.2, -0.15) is 12.6 Å². The van der Waals surface area contributed by atoms with E-state index in [1.807, 2.05) is 6.92 Å². The maximum atomic E-state index is 11.6. The van der Waals surface area contributed by atoms with Crippen molar-refractivity contribution < 1.29 is 8.83 Å². The van der Waals surface area contributed by atoms with Crippen molar-refractivity contribution in [3.05, 3.63) is 28.1 Å². The van der Waals surface area contributed by atoms with Crippen LogP contribution in [0.3, 0.4) is 0 Å². The molecular formula is C10H11NO3S. The molecule has 1 N–H and O–H groups in total. The fourth-order valence-electron chi connectivity index (χ4n) is 1.32. The van der Waals surface area contributed by atoms with Gasteiger partial charge in [-0.1, -0.05) is 0 Å². The molecule has 15 heavy (non-hydrogen) atoms. The molecule has 4 nitrogen and oxygen atoms in total. The maximum Gasteiger partial charge on any atom is 0.230 e. The van der Waals surface area contributed by atoms with Crippen molar-refractivity contribution in [1.29, 1.82) is 0 Å². The van der Waals surface area contributed by atoms with E-state index >= 15 is 0 Å². The Morgan fingerprint density at radius 2 is 2.27 bits per heavy atom. The first-order valence-corrected chi connectivity index (χ1v) is 5.22. The first-order chi connectivity index (χ1) is 7.22. The third-order valence-corrected chi connectivity index (χ3v) is 2.25. The van der Waals surface area contributed by atoms with E-state index in [4.69, 9.17) is 8.83 Å². The predicted molar refractivity (Wildman–Crippen MR) is 61.8 cm³/mol. The summed E-state index contributed by atoms with van der Waals surface area (Å²) in [6, 6.07) is 1.38. The van der Waals surface area contributed by atoms with Gasteiger partial charge in [0.15, 0.2) is 11.5 Å². The number of nitrogens with one attached hydrogen (secondary N) is 1. The Balaban J connectivity index is 2.50. The third kappa shape index (κ3) is 1.87. The molecule has 2 heterocycles. The van der Waals surface area contributed by atoms with E-state index in [0.717, 1.165) is 5.56 Å². The molecule has 2 aromatic heterocycles. The van der Waals surface area contributed by atoms with Crippen LogP contribution in [0.2, 0.25) is 0 Å². The zero-order chi connectivity index (χ0) is 10.8. The molecule has 5 heteroatoms. The summed E-state index contributed by atoms with van der Waals surface area (Å²) in [6.45, 7) is 2.48. The molecule has 2 rings (SSSR count). The van der Waals surface area contributed by atoms with Crippen LogP contribution in [0, 0.1) is 6.92 Å². The monoisotopic (exact) mass is 225 g/mol. The Kier molecular flexibility index (Phi) is 2.73. The lowest BCUT2D eigenvalue weighted by Gasteiger charge is -2.02. The molecule has 0 aromatic carbocycles. The van der Waals surface area contributed by atoms with Gasteiger partial charge in [-0.15, -0.1) is 0 Å². The summed E-state index contributed by atoms with van der Waals surface area (Å²) in [7, 11) is 0. The largest absolute Gasteiger partial charge is 0.456 e. The number of hydrogen-bond acceptors (Lipinski definition) is 5. The summed E-state index contributed by atoms with van der Waals surface area (Å²) >= 11 is 4.06. The molecule has 0 spiro atoms. The van der Waals surface area contributed by atoms with Gasteiger partial charge in [-0.25, -0.2) is 0 Å². The zero-order valence-corrected chi connectivity index (χ0v) is 9.14. The van der Waals surface area contributed by atoms with Gasteiger partial charge in [0.25, 0.3) is 0 Å². The second kappa shape index (κ2) is 4.02. The number of anilines is 1. The van der Waals surface area contributed by atoms with Crippen molar-refractivity contribution in [3.8, 4) is 0 Å². The highest BCUT2D eigenvalue weighted by molar-refractivity contribution is 7.80. The van der Waals surface area contributed by atoms with E-state index in [0.29, 0.717) is 23.8 Å². The quantitative estimate of drug-likeness (QED) is 0.785. The van der Waals surface area contributed by atoms with Crippen LogP contribution < -0.4 is 10.7 Å². The van der Waals surface area contributed by atoms with Crippen LogP contribution in [-0.4, -0.2) is 12.3 Å². The molecule has 0 unspecified atom stereocenters. The van der Waals surface area contributed by atoms with Crippen molar-refractivity contribution in [1.82, 2.24) is 0 Å². The first-order valence-electron chi connectivity index (χ1n) is 4.59. The van der Waals surface area contributed by atoms with Crippen LogP contribution in [0.15, 0.2) is 26.0 Å². The van der Waals surface area contributed by atoms with Crippen LogP contribution in [0.5, 0.6) is 0 Å². The second-order valence-corrected chi connectivity index (χ2v) is 3.65. The van der Waals surface area contributed by atoms with E-state index in [-0.39, 0.29) is 11.0 Å². The van der Waals surface area contributed by atoms with Gasteiger partial charge in [0.2, 0.25) is 11.0 Å². The van der Waals surface area contributed by atoms with Gasteiger partial charge in [0.1, 0.15) is 0 Å². The molecule has 0 saturated carbocycles. The number of rotatable bonds is 3. The Morgan fingerprint density at radius 1 is 1.47 bits per heavy atom. The van der Waals surface area contributed by atoms with Crippen LogP contribution in [0.4, 0.5) is 5.88 Å². The zero-order valence-electron chi connectivity index (χ0n) is 8.24. The highest BCUT2D eigenvalue weighted by Gasteiger charge is 2.10. The van der Waals surface area contributed by atoms with E-state index in [1.54, 1.807) is 0 Å². The van der Waals surface area contributed by atoms with Crippen molar-refractivity contribution in [2.75, 3.05) is 17.6 Å². The number of thiol groups is 1. The summed E-state index contributed by atoms with van der Waals surface area (Å²) in [5.41, 5.74) is 1.41. The molecule has 0 aliphatic heterocycles. The van der Waals surface area contributed by atoms with Crippen LogP contribution in [-0.2, 0) is 0 Å². The smallest absolute Gasteiger partial charge is 0.230 e. The number of aryl methyl sites for hydroxylation is 1. The van der Waals surface area contributed by atoms with Crippen molar-refractivity contribution in [2.24, 2.45) is 0 Å². The van der Waals surface area contributed by atoms with E-state index < -0.39 is 0 Å². The van der Waals surface area contributed by atoms with E-state index in [9.17, 15) is 4.79 Å². The summed E-state index contributed by atoms with van der Waals surface area (Å²) in [4.78, 5) is 11.6. The summed E-state index contributed by atoms with van der Waals surface area (Å²) < 4.78 is 10.6. The van der Waals surface area contributed by atoms with Crippen LogP contribution in [0.1, 0.15) is 5.56 Å². The van der Waals surface area contributed by atoms with Gasteiger partial charge in [-0.3, -0.25) is 4.79 Å². The summed E-state index contributed by atoms with van der Waals surface area (Å²) in [6.07, 6.45) is 1.51. The van der Waals surface area contributed by atoms with Crippen molar-refractivity contribution >= 4 is 29.7 Å². The van der Waals surface area contributed by atoms with Gasteiger partial charge in [0.05, 0.1) is 6.26 Å². The standard InChI is InChI=1S/C10H11NO3S/c1-6-5-13-10-7(12)4-8(11-2-3-15)14-9(6)10/h4-5,11,15H,2-3H2,1H3. The van der Waals surface area contributed by atoms with E-state index in [1.165, 1.54) is 12.3 Å².